The fraction of sp³-hybridized carbons (Fsp3) is 0.154. The molecular weight excluding hydrogens is 270 g/mol. The number of phenolic OH excluding ortho intramolecular Hbond substituents is 1. The van der Waals surface area contributed by atoms with Crippen LogP contribution in [0.25, 0.3) is 0 Å². The maximum atomic E-state index is 12.0. The molecule has 0 aliphatic carbocycles. The maximum absolute atomic E-state index is 12.0. The van der Waals surface area contributed by atoms with Gasteiger partial charge >= 0.3 is 0 Å². The van der Waals surface area contributed by atoms with Crippen LogP contribution in [0.3, 0.4) is 0 Å². The van der Waals surface area contributed by atoms with Crippen LogP contribution >= 0.6 is 22.9 Å². The summed E-state index contributed by atoms with van der Waals surface area (Å²) >= 11 is 7.35. The van der Waals surface area contributed by atoms with Gasteiger partial charge in [0.2, 0.25) is 0 Å². The zero-order valence-electron chi connectivity index (χ0n) is 9.95. The number of rotatable bonds is 2. The molecule has 0 atom stereocenters. The Kier molecular flexibility index (Phi) is 3.59. The number of thiophene rings is 1. The molecule has 0 saturated heterocycles. The summed E-state index contributed by atoms with van der Waals surface area (Å²) < 4.78 is 0. The molecule has 0 fully saturated rings. The second-order valence-electron chi connectivity index (χ2n) is 4.02. The Balaban J connectivity index is 2.21. The van der Waals surface area contributed by atoms with Gasteiger partial charge in [0.1, 0.15) is 10.6 Å². The number of carbonyl (C=O) groups excluding carboxylic acids is 1. The lowest BCUT2D eigenvalue weighted by atomic mass is 10.2. The predicted octanol–water partition coefficient (Wildman–Crippen LogP) is 3.98. The van der Waals surface area contributed by atoms with E-state index in [-0.39, 0.29) is 11.7 Å². The first kappa shape index (κ1) is 12.9. The Hall–Kier alpha value is -1.52. The number of carbonyl (C=O) groups is 1. The molecule has 3 nitrogen and oxygen atoms in total. The summed E-state index contributed by atoms with van der Waals surface area (Å²) in [5.41, 5.74) is 2.24. The molecule has 5 heteroatoms. The van der Waals surface area contributed by atoms with Crippen molar-refractivity contribution in [3.63, 3.8) is 0 Å². The Morgan fingerprint density at radius 2 is 2.06 bits per heavy atom. The fourth-order valence-electron chi connectivity index (χ4n) is 1.50. The molecule has 0 saturated carbocycles. The van der Waals surface area contributed by atoms with Crippen LogP contribution in [-0.4, -0.2) is 11.0 Å². The van der Waals surface area contributed by atoms with Gasteiger partial charge in [-0.15, -0.1) is 11.3 Å². The van der Waals surface area contributed by atoms with Gasteiger partial charge in [-0.25, -0.2) is 0 Å². The zero-order chi connectivity index (χ0) is 13.3. The molecule has 0 spiro atoms. The van der Waals surface area contributed by atoms with Crippen LogP contribution in [0.4, 0.5) is 5.69 Å². The normalized spacial score (nSPS) is 10.4. The van der Waals surface area contributed by atoms with Crippen molar-refractivity contribution in [3.05, 3.63) is 44.6 Å². The summed E-state index contributed by atoms with van der Waals surface area (Å²) in [6.45, 7) is 3.63. The molecule has 1 aromatic heterocycles. The van der Waals surface area contributed by atoms with Crippen molar-refractivity contribution in [2.75, 3.05) is 5.32 Å². The molecule has 1 amide bonds. The van der Waals surface area contributed by atoms with E-state index in [1.54, 1.807) is 25.1 Å². The quantitative estimate of drug-likeness (QED) is 0.818. The lowest BCUT2D eigenvalue weighted by Crippen LogP contribution is -2.10. The van der Waals surface area contributed by atoms with Crippen molar-refractivity contribution in [1.82, 2.24) is 0 Å². The molecule has 2 rings (SSSR count). The highest BCUT2D eigenvalue weighted by atomic mass is 35.5. The zero-order valence-corrected chi connectivity index (χ0v) is 11.5. The lowest BCUT2D eigenvalue weighted by molar-refractivity contribution is 0.103. The van der Waals surface area contributed by atoms with Gasteiger partial charge in [0.15, 0.2) is 0 Å². The number of amides is 1. The fourth-order valence-corrected chi connectivity index (χ4v) is 2.68. The molecule has 94 valence electrons. The number of hydrogen-bond donors (Lipinski definition) is 2. The standard InChI is InChI=1S/C13H12ClNO2S/c1-7-5-9(3-4-10(7)16)15-13(17)12-11(14)8(2)6-18-12/h3-6,16H,1-2H3,(H,15,17). The second-order valence-corrected chi connectivity index (χ2v) is 5.27. The average Bonchev–Trinajstić information content (AvgIpc) is 2.65. The van der Waals surface area contributed by atoms with Crippen molar-refractivity contribution in [1.29, 1.82) is 0 Å². The van der Waals surface area contributed by atoms with E-state index in [1.165, 1.54) is 11.3 Å². The largest absolute Gasteiger partial charge is 0.508 e. The van der Waals surface area contributed by atoms with Gasteiger partial charge in [-0.2, -0.15) is 0 Å². The van der Waals surface area contributed by atoms with E-state index >= 15 is 0 Å². The van der Waals surface area contributed by atoms with Gasteiger partial charge in [0, 0.05) is 5.69 Å². The Labute approximate surface area is 114 Å². The topological polar surface area (TPSA) is 49.3 Å². The van der Waals surface area contributed by atoms with Crippen molar-refractivity contribution < 1.29 is 9.90 Å². The van der Waals surface area contributed by atoms with Gasteiger partial charge in [0.05, 0.1) is 5.02 Å². The van der Waals surface area contributed by atoms with Crippen molar-refractivity contribution >= 4 is 34.5 Å². The predicted molar refractivity (Wildman–Crippen MR) is 74.9 cm³/mol. The van der Waals surface area contributed by atoms with Gasteiger partial charge in [-0.3, -0.25) is 4.79 Å². The highest BCUT2D eigenvalue weighted by molar-refractivity contribution is 7.13. The van der Waals surface area contributed by atoms with Crippen LogP contribution in [0, 0.1) is 13.8 Å². The van der Waals surface area contributed by atoms with E-state index in [0.717, 1.165) is 5.56 Å². The molecule has 0 radical (unpaired) electrons. The average molecular weight is 282 g/mol. The maximum Gasteiger partial charge on any atom is 0.267 e. The number of anilines is 1. The summed E-state index contributed by atoms with van der Waals surface area (Å²) in [5, 5.41) is 14.5. The highest BCUT2D eigenvalue weighted by Crippen LogP contribution is 2.28. The molecule has 1 heterocycles. The van der Waals surface area contributed by atoms with Crippen LogP contribution in [0.1, 0.15) is 20.8 Å². The number of aryl methyl sites for hydroxylation is 2. The van der Waals surface area contributed by atoms with Crippen molar-refractivity contribution in [3.8, 4) is 5.75 Å². The van der Waals surface area contributed by atoms with Crippen LogP contribution in [0.15, 0.2) is 23.6 Å². The van der Waals surface area contributed by atoms with Crippen LogP contribution < -0.4 is 5.32 Å². The Morgan fingerprint density at radius 3 is 2.61 bits per heavy atom. The summed E-state index contributed by atoms with van der Waals surface area (Å²) in [6.07, 6.45) is 0. The van der Waals surface area contributed by atoms with Crippen LogP contribution in [-0.2, 0) is 0 Å². The number of benzene rings is 1. The lowest BCUT2D eigenvalue weighted by Gasteiger charge is -2.06. The molecule has 0 aliphatic rings. The molecule has 1 aromatic carbocycles. The third-order valence-corrected chi connectivity index (χ3v) is 4.26. The SMILES string of the molecule is Cc1cc(NC(=O)c2scc(C)c2Cl)ccc1O. The first-order chi connectivity index (χ1) is 8.49. The van der Waals surface area contributed by atoms with Crippen LogP contribution in [0.5, 0.6) is 5.75 Å². The van der Waals surface area contributed by atoms with Crippen molar-refractivity contribution in [2.45, 2.75) is 13.8 Å². The molecule has 0 unspecified atom stereocenters. The smallest absolute Gasteiger partial charge is 0.267 e. The summed E-state index contributed by atoms with van der Waals surface area (Å²) in [5.74, 6) is -0.0267. The Bertz CT molecular complexity index is 607. The molecule has 0 bridgehead atoms. The third kappa shape index (κ3) is 2.49. The van der Waals surface area contributed by atoms with E-state index in [9.17, 15) is 9.90 Å². The van der Waals surface area contributed by atoms with Gasteiger partial charge in [-0.05, 0) is 48.6 Å². The van der Waals surface area contributed by atoms with Gasteiger partial charge in [-0.1, -0.05) is 11.6 Å². The molecular formula is C13H12ClNO2S. The molecule has 2 N–H and O–H groups in total. The van der Waals surface area contributed by atoms with E-state index in [2.05, 4.69) is 5.32 Å². The highest BCUT2D eigenvalue weighted by Gasteiger charge is 2.14. The van der Waals surface area contributed by atoms with Crippen molar-refractivity contribution in [2.24, 2.45) is 0 Å². The number of nitrogens with one attached hydrogen (secondary N) is 1. The number of halogens is 1. The van der Waals surface area contributed by atoms with Gasteiger partial charge < -0.3 is 10.4 Å². The minimum absolute atomic E-state index is 0.206. The van der Waals surface area contributed by atoms with Gasteiger partial charge in [0.25, 0.3) is 5.91 Å². The minimum Gasteiger partial charge on any atom is -0.508 e. The molecule has 2 aromatic rings. The van der Waals surface area contributed by atoms with Crippen LogP contribution in [0.2, 0.25) is 5.02 Å². The second kappa shape index (κ2) is 5.00. The Morgan fingerprint density at radius 1 is 1.33 bits per heavy atom. The van der Waals surface area contributed by atoms with E-state index in [4.69, 9.17) is 11.6 Å². The first-order valence-corrected chi connectivity index (χ1v) is 6.59. The summed E-state index contributed by atoms with van der Waals surface area (Å²) in [7, 11) is 0. The summed E-state index contributed by atoms with van der Waals surface area (Å²) in [4.78, 5) is 12.5. The number of phenols is 1. The minimum atomic E-state index is -0.233. The third-order valence-electron chi connectivity index (χ3n) is 2.56. The molecule has 0 aliphatic heterocycles. The summed E-state index contributed by atoms with van der Waals surface area (Å²) in [6, 6.07) is 4.91. The number of aromatic hydroxyl groups is 1. The number of hydrogen-bond acceptors (Lipinski definition) is 3. The van der Waals surface area contributed by atoms with E-state index < -0.39 is 0 Å². The van der Waals surface area contributed by atoms with E-state index in [0.29, 0.717) is 21.2 Å². The monoisotopic (exact) mass is 281 g/mol. The van der Waals surface area contributed by atoms with E-state index in [1.807, 2.05) is 12.3 Å². The first-order valence-electron chi connectivity index (χ1n) is 5.33. The molecule has 18 heavy (non-hydrogen) atoms.